The molecule has 7 heteroatoms. The Morgan fingerprint density at radius 1 is 1.50 bits per heavy atom. The SMILES string of the molecule is N#CN(C(=O)CCC(F)(F)C(N)=O)C1CC1. The maximum Gasteiger partial charge on any atom is 0.324 e. The van der Waals surface area contributed by atoms with Gasteiger partial charge in [-0.1, -0.05) is 0 Å². The van der Waals surface area contributed by atoms with Gasteiger partial charge in [0.25, 0.3) is 5.91 Å². The van der Waals surface area contributed by atoms with E-state index in [1.807, 2.05) is 0 Å². The lowest BCUT2D eigenvalue weighted by Crippen LogP contribution is -2.37. The van der Waals surface area contributed by atoms with E-state index in [2.05, 4.69) is 5.73 Å². The Morgan fingerprint density at radius 2 is 2.06 bits per heavy atom. The highest BCUT2D eigenvalue weighted by molar-refractivity contribution is 5.83. The van der Waals surface area contributed by atoms with E-state index >= 15 is 0 Å². The third kappa shape index (κ3) is 2.89. The number of hydrogen-bond acceptors (Lipinski definition) is 3. The first-order valence-corrected chi connectivity index (χ1v) is 4.78. The second kappa shape index (κ2) is 4.43. The summed E-state index contributed by atoms with van der Waals surface area (Å²) in [4.78, 5) is 22.5. The number of halogens is 2. The fraction of sp³-hybridized carbons (Fsp3) is 0.667. The van der Waals surface area contributed by atoms with Gasteiger partial charge in [-0.2, -0.15) is 14.0 Å². The molecule has 2 N–H and O–H groups in total. The highest BCUT2D eigenvalue weighted by atomic mass is 19.3. The third-order valence-corrected chi connectivity index (χ3v) is 2.30. The van der Waals surface area contributed by atoms with E-state index in [1.54, 1.807) is 6.19 Å². The van der Waals surface area contributed by atoms with E-state index in [0.29, 0.717) is 12.8 Å². The van der Waals surface area contributed by atoms with Gasteiger partial charge in [-0.25, -0.2) is 4.90 Å². The number of alkyl halides is 2. The van der Waals surface area contributed by atoms with Gasteiger partial charge in [-0.15, -0.1) is 0 Å². The summed E-state index contributed by atoms with van der Waals surface area (Å²) in [6, 6.07) is -0.153. The van der Waals surface area contributed by atoms with Crippen LogP contribution in [0, 0.1) is 11.5 Å². The molecule has 1 aliphatic rings. The van der Waals surface area contributed by atoms with E-state index in [4.69, 9.17) is 5.26 Å². The Kier molecular flexibility index (Phi) is 3.42. The van der Waals surface area contributed by atoms with Gasteiger partial charge in [0.2, 0.25) is 5.91 Å². The van der Waals surface area contributed by atoms with Crippen LogP contribution in [0.1, 0.15) is 25.7 Å². The average Bonchev–Trinajstić information content (AvgIpc) is 3.00. The maximum absolute atomic E-state index is 12.8. The monoisotopic (exact) mass is 231 g/mol. The van der Waals surface area contributed by atoms with Crippen LogP contribution in [-0.2, 0) is 9.59 Å². The summed E-state index contributed by atoms with van der Waals surface area (Å²) < 4.78 is 25.5. The molecule has 1 fully saturated rings. The molecule has 1 aliphatic carbocycles. The lowest BCUT2D eigenvalue weighted by atomic mass is 10.1. The van der Waals surface area contributed by atoms with Crippen LogP contribution < -0.4 is 5.73 Å². The van der Waals surface area contributed by atoms with Crippen molar-refractivity contribution in [3.63, 3.8) is 0 Å². The summed E-state index contributed by atoms with van der Waals surface area (Å²) in [5, 5.41) is 8.62. The molecule has 0 aromatic heterocycles. The predicted octanol–water partition coefficient (Wildman–Crippen LogP) is 0.359. The molecule has 0 spiro atoms. The van der Waals surface area contributed by atoms with Crippen molar-refractivity contribution in [2.45, 2.75) is 37.6 Å². The van der Waals surface area contributed by atoms with Crippen LogP contribution in [0.5, 0.6) is 0 Å². The lowest BCUT2D eigenvalue weighted by Gasteiger charge is -2.15. The minimum Gasteiger partial charge on any atom is -0.364 e. The van der Waals surface area contributed by atoms with Gasteiger partial charge >= 0.3 is 5.92 Å². The maximum atomic E-state index is 12.8. The molecular weight excluding hydrogens is 220 g/mol. The van der Waals surface area contributed by atoms with Crippen molar-refractivity contribution >= 4 is 11.8 Å². The van der Waals surface area contributed by atoms with Crippen LogP contribution >= 0.6 is 0 Å². The van der Waals surface area contributed by atoms with Gasteiger partial charge in [-0.05, 0) is 12.8 Å². The molecule has 1 rings (SSSR count). The van der Waals surface area contributed by atoms with Gasteiger partial charge in [0.05, 0.1) is 0 Å². The van der Waals surface area contributed by atoms with Crippen molar-refractivity contribution < 1.29 is 18.4 Å². The van der Waals surface area contributed by atoms with E-state index in [0.717, 1.165) is 4.90 Å². The van der Waals surface area contributed by atoms with Crippen molar-refractivity contribution in [2.24, 2.45) is 5.73 Å². The minimum atomic E-state index is -3.69. The highest BCUT2D eigenvalue weighted by Gasteiger charge is 2.39. The summed E-state index contributed by atoms with van der Waals surface area (Å²) in [5.74, 6) is -6.14. The first-order valence-electron chi connectivity index (χ1n) is 4.78. The van der Waals surface area contributed by atoms with Gasteiger partial charge < -0.3 is 5.73 Å². The zero-order valence-corrected chi connectivity index (χ0v) is 8.45. The Balaban J connectivity index is 2.46. The molecule has 1 saturated carbocycles. The summed E-state index contributed by atoms with van der Waals surface area (Å²) >= 11 is 0. The molecule has 0 radical (unpaired) electrons. The summed E-state index contributed by atoms with van der Waals surface area (Å²) in [6.07, 6.45) is 1.57. The Morgan fingerprint density at radius 3 is 2.44 bits per heavy atom. The molecule has 0 unspecified atom stereocenters. The predicted molar refractivity (Wildman–Crippen MR) is 48.9 cm³/mol. The molecule has 0 aromatic rings. The molecule has 5 nitrogen and oxygen atoms in total. The number of amides is 2. The molecular formula is C9H11F2N3O2. The van der Waals surface area contributed by atoms with Crippen molar-refractivity contribution in [2.75, 3.05) is 0 Å². The molecule has 0 aromatic carbocycles. The number of hydrogen-bond donors (Lipinski definition) is 1. The second-order valence-corrected chi connectivity index (χ2v) is 3.66. The van der Waals surface area contributed by atoms with E-state index in [9.17, 15) is 18.4 Å². The van der Waals surface area contributed by atoms with Crippen molar-refractivity contribution in [1.82, 2.24) is 4.90 Å². The number of carbonyl (C=O) groups excluding carboxylic acids is 2. The van der Waals surface area contributed by atoms with E-state index in [-0.39, 0.29) is 6.04 Å². The number of nitriles is 1. The van der Waals surface area contributed by atoms with Gasteiger partial charge in [-0.3, -0.25) is 9.59 Å². The summed E-state index contributed by atoms with van der Waals surface area (Å²) in [6.45, 7) is 0. The summed E-state index contributed by atoms with van der Waals surface area (Å²) in [5.41, 5.74) is 4.46. The van der Waals surface area contributed by atoms with Crippen LogP contribution in [-0.4, -0.2) is 28.7 Å². The fourth-order valence-electron chi connectivity index (χ4n) is 1.18. The van der Waals surface area contributed by atoms with Crippen LogP contribution in [0.4, 0.5) is 8.78 Å². The van der Waals surface area contributed by atoms with Crippen molar-refractivity contribution in [3.05, 3.63) is 0 Å². The first-order chi connectivity index (χ1) is 7.38. The standard InChI is InChI=1S/C9H11F2N3O2/c10-9(11,8(13)16)4-3-7(15)14(5-12)6-1-2-6/h6H,1-4H2,(H2,13,16). The van der Waals surface area contributed by atoms with Gasteiger partial charge in [0.1, 0.15) is 0 Å². The molecule has 0 heterocycles. The molecule has 2 amide bonds. The smallest absolute Gasteiger partial charge is 0.324 e. The second-order valence-electron chi connectivity index (χ2n) is 3.66. The fourth-order valence-corrected chi connectivity index (χ4v) is 1.18. The van der Waals surface area contributed by atoms with Crippen LogP contribution in [0.2, 0.25) is 0 Å². The number of primary amides is 1. The molecule has 0 atom stereocenters. The normalized spacial score (nSPS) is 15.3. The molecule has 0 aliphatic heterocycles. The van der Waals surface area contributed by atoms with E-state index < -0.39 is 30.6 Å². The Labute approximate surface area is 90.8 Å². The number of nitrogens with two attached hydrogens (primary N) is 1. The largest absolute Gasteiger partial charge is 0.364 e. The number of carbonyl (C=O) groups is 2. The van der Waals surface area contributed by atoms with Crippen LogP contribution in [0.15, 0.2) is 0 Å². The lowest BCUT2D eigenvalue weighted by molar-refractivity contribution is -0.144. The Bertz CT molecular complexity index is 347. The summed E-state index contributed by atoms with van der Waals surface area (Å²) in [7, 11) is 0. The molecule has 0 bridgehead atoms. The van der Waals surface area contributed by atoms with Crippen LogP contribution in [0.25, 0.3) is 0 Å². The van der Waals surface area contributed by atoms with Crippen LogP contribution in [0.3, 0.4) is 0 Å². The highest BCUT2D eigenvalue weighted by Crippen LogP contribution is 2.28. The van der Waals surface area contributed by atoms with Crippen molar-refractivity contribution in [3.8, 4) is 6.19 Å². The number of rotatable bonds is 5. The topological polar surface area (TPSA) is 87.2 Å². The molecule has 0 saturated heterocycles. The zero-order valence-electron chi connectivity index (χ0n) is 8.45. The minimum absolute atomic E-state index is 0.153. The van der Waals surface area contributed by atoms with Gasteiger partial charge in [0, 0.05) is 18.9 Å². The number of nitrogens with zero attached hydrogens (tertiary/aromatic N) is 2. The van der Waals surface area contributed by atoms with Gasteiger partial charge in [0.15, 0.2) is 6.19 Å². The average molecular weight is 231 g/mol. The third-order valence-electron chi connectivity index (χ3n) is 2.30. The van der Waals surface area contributed by atoms with E-state index in [1.165, 1.54) is 0 Å². The Hall–Kier alpha value is -1.71. The quantitative estimate of drug-likeness (QED) is 0.547. The molecule has 16 heavy (non-hydrogen) atoms. The first kappa shape index (κ1) is 12.4. The van der Waals surface area contributed by atoms with Crippen molar-refractivity contribution in [1.29, 1.82) is 5.26 Å². The molecule has 88 valence electrons. The zero-order chi connectivity index (χ0) is 12.3.